The Hall–Kier alpha value is -1.75. The van der Waals surface area contributed by atoms with Gasteiger partial charge in [-0.15, -0.1) is 0 Å². The molecule has 0 heterocycles. The van der Waals surface area contributed by atoms with Crippen LogP contribution in [-0.2, 0) is 4.79 Å². The van der Waals surface area contributed by atoms with Crippen molar-refractivity contribution in [3.63, 3.8) is 0 Å². The number of nitrogens with zero attached hydrogens (tertiary/aromatic N) is 1. The lowest BCUT2D eigenvalue weighted by atomic mass is 10.3. The molecule has 0 atom stereocenters. The van der Waals surface area contributed by atoms with E-state index >= 15 is 0 Å². The van der Waals surface area contributed by atoms with Gasteiger partial charge in [-0.3, -0.25) is 9.69 Å². The van der Waals surface area contributed by atoms with Crippen LogP contribution >= 0.6 is 0 Å². The van der Waals surface area contributed by atoms with Gasteiger partial charge in [-0.25, -0.2) is 0 Å². The first-order valence-electron chi connectivity index (χ1n) is 6.85. The van der Waals surface area contributed by atoms with Crippen LogP contribution in [0.15, 0.2) is 24.3 Å². The lowest BCUT2D eigenvalue weighted by Crippen LogP contribution is -2.38. The van der Waals surface area contributed by atoms with E-state index < -0.39 is 5.97 Å². The monoisotopic (exact) mass is 281 g/mol. The third-order valence-electron chi connectivity index (χ3n) is 2.85. The summed E-state index contributed by atoms with van der Waals surface area (Å²) in [5.41, 5.74) is 0. The van der Waals surface area contributed by atoms with E-state index in [1.54, 1.807) is 0 Å². The predicted octanol–water partition coefficient (Wildman–Crippen LogP) is 2.26. The van der Waals surface area contributed by atoms with Crippen molar-refractivity contribution in [2.45, 2.75) is 26.8 Å². The summed E-state index contributed by atoms with van der Waals surface area (Å²) in [6.45, 7) is 7.45. The second kappa shape index (κ2) is 8.43. The number of carbonyl (C=O) groups is 1. The molecule has 1 aromatic carbocycles. The van der Waals surface area contributed by atoms with Crippen molar-refractivity contribution >= 4 is 5.97 Å². The van der Waals surface area contributed by atoms with Crippen molar-refractivity contribution in [1.29, 1.82) is 0 Å². The van der Waals surface area contributed by atoms with Crippen molar-refractivity contribution in [2.75, 3.05) is 26.3 Å². The molecule has 0 aromatic heterocycles. The molecule has 5 heteroatoms. The van der Waals surface area contributed by atoms with Crippen LogP contribution in [0.25, 0.3) is 0 Å². The molecule has 0 aliphatic carbocycles. The molecule has 1 rings (SSSR count). The molecule has 0 radical (unpaired) electrons. The molecule has 0 aliphatic rings. The third kappa shape index (κ3) is 5.48. The van der Waals surface area contributed by atoms with Crippen LogP contribution < -0.4 is 9.47 Å². The van der Waals surface area contributed by atoms with Crippen LogP contribution in [-0.4, -0.2) is 48.3 Å². The summed E-state index contributed by atoms with van der Waals surface area (Å²) >= 11 is 0. The third-order valence-corrected chi connectivity index (χ3v) is 2.85. The van der Waals surface area contributed by atoms with E-state index in [1.807, 2.05) is 49.9 Å². The standard InChI is InChI=1S/C15H23NO4/c1-4-19-13-7-5-6-8-14(13)20-10-9-16(12(2)3)11-15(17)18/h5-8,12H,4,9-11H2,1-3H3,(H,17,18). The Labute approximate surface area is 120 Å². The van der Waals surface area contributed by atoms with Gasteiger partial charge in [0.15, 0.2) is 11.5 Å². The first kappa shape index (κ1) is 16.3. The van der Waals surface area contributed by atoms with Crippen molar-refractivity contribution in [3.05, 3.63) is 24.3 Å². The van der Waals surface area contributed by atoms with E-state index in [0.29, 0.717) is 31.3 Å². The van der Waals surface area contributed by atoms with Gasteiger partial charge in [0.05, 0.1) is 13.2 Å². The number of rotatable bonds is 9. The summed E-state index contributed by atoms with van der Waals surface area (Å²) in [5.74, 6) is 0.575. The highest BCUT2D eigenvalue weighted by Crippen LogP contribution is 2.26. The maximum atomic E-state index is 10.8. The van der Waals surface area contributed by atoms with Gasteiger partial charge < -0.3 is 14.6 Å². The topological polar surface area (TPSA) is 59.0 Å². The molecule has 0 bridgehead atoms. The Morgan fingerprint density at radius 2 is 1.85 bits per heavy atom. The Morgan fingerprint density at radius 1 is 1.25 bits per heavy atom. The predicted molar refractivity (Wildman–Crippen MR) is 77.5 cm³/mol. The summed E-state index contributed by atoms with van der Waals surface area (Å²) in [6.07, 6.45) is 0. The quantitative estimate of drug-likeness (QED) is 0.752. The molecule has 5 nitrogen and oxygen atoms in total. The van der Waals surface area contributed by atoms with Gasteiger partial charge in [-0.2, -0.15) is 0 Å². The molecule has 0 spiro atoms. The molecular weight excluding hydrogens is 258 g/mol. The zero-order chi connectivity index (χ0) is 15.0. The van der Waals surface area contributed by atoms with E-state index in [2.05, 4.69) is 0 Å². The molecule has 0 saturated heterocycles. The number of carboxylic acid groups (broad SMARTS) is 1. The largest absolute Gasteiger partial charge is 0.490 e. The van der Waals surface area contributed by atoms with Crippen LogP contribution in [0.4, 0.5) is 0 Å². The zero-order valence-electron chi connectivity index (χ0n) is 12.3. The van der Waals surface area contributed by atoms with Gasteiger partial charge in [0.2, 0.25) is 0 Å². The minimum absolute atomic E-state index is 0.0220. The maximum absolute atomic E-state index is 10.8. The molecule has 0 saturated carbocycles. The van der Waals surface area contributed by atoms with Gasteiger partial charge in [0.1, 0.15) is 6.61 Å². The van der Waals surface area contributed by atoms with Crippen LogP contribution in [0.5, 0.6) is 11.5 Å². The molecule has 0 amide bonds. The Morgan fingerprint density at radius 3 is 2.35 bits per heavy atom. The Bertz CT molecular complexity index is 420. The molecule has 1 N–H and O–H groups in total. The van der Waals surface area contributed by atoms with Crippen LogP contribution in [0.2, 0.25) is 0 Å². The number of aliphatic carboxylic acids is 1. The summed E-state index contributed by atoms with van der Waals surface area (Å²) < 4.78 is 11.2. The highest BCUT2D eigenvalue weighted by atomic mass is 16.5. The number of carboxylic acids is 1. The van der Waals surface area contributed by atoms with E-state index in [1.165, 1.54) is 0 Å². The minimum atomic E-state index is -0.826. The van der Waals surface area contributed by atoms with Crippen LogP contribution in [0, 0.1) is 0 Å². The van der Waals surface area contributed by atoms with Crippen molar-refractivity contribution in [2.24, 2.45) is 0 Å². The van der Waals surface area contributed by atoms with E-state index in [4.69, 9.17) is 14.6 Å². The van der Waals surface area contributed by atoms with Crippen LogP contribution in [0.3, 0.4) is 0 Å². The van der Waals surface area contributed by atoms with Crippen molar-refractivity contribution in [3.8, 4) is 11.5 Å². The normalized spacial score (nSPS) is 10.8. The molecule has 1 aromatic rings. The molecule has 0 aliphatic heterocycles. The van der Waals surface area contributed by atoms with Crippen molar-refractivity contribution in [1.82, 2.24) is 4.90 Å². The van der Waals surface area contributed by atoms with Gasteiger partial charge in [-0.05, 0) is 32.9 Å². The van der Waals surface area contributed by atoms with Gasteiger partial charge in [0.25, 0.3) is 0 Å². The molecule has 112 valence electrons. The zero-order valence-corrected chi connectivity index (χ0v) is 12.3. The number of hydrogen-bond acceptors (Lipinski definition) is 4. The Kier molecular flexibility index (Phi) is 6.87. The first-order chi connectivity index (χ1) is 9.54. The van der Waals surface area contributed by atoms with E-state index in [9.17, 15) is 4.79 Å². The number of para-hydroxylation sites is 2. The molecule has 20 heavy (non-hydrogen) atoms. The Balaban J connectivity index is 2.52. The minimum Gasteiger partial charge on any atom is -0.490 e. The number of hydrogen-bond donors (Lipinski definition) is 1. The van der Waals surface area contributed by atoms with Crippen LogP contribution in [0.1, 0.15) is 20.8 Å². The first-order valence-corrected chi connectivity index (χ1v) is 6.85. The summed E-state index contributed by atoms with van der Waals surface area (Å²) in [7, 11) is 0. The summed E-state index contributed by atoms with van der Waals surface area (Å²) in [5, 5.41) is 8.86. The molecular formula is C15H23NO4. The fourth-order valence-corrected chi connectivity index (χ4v) is 1.81. The second-order valence-corrected chi connectivity index (χ2v) is 4.69. The molecule has 0 fully saturated rings. The SMILES string of the molecule is CCOc1ccccc1OCCN(CC(=O)O)C(C)C. The van der Waals surface area contributed by atoms with E-state index in [0.717, 1.165) is 0 Å². The smallest absolute Gasteiger partial charge is 0.317 e. The highest BCUT2D eigenvalue weighted by molar-refractivity contribution is 5.69. The summed E-state index contributed by atoms with van der Waals surface area (Å²) in [4.78, 5) is 12.6. The fraction of sp³-hybridized carbons (Fsp3) is 0.533. The average Bonchev–Trinajstić information content (AvgIpc) is 2.39. The second-order valence-electron chi connectivity index (χ2n) is 4.69. The average molecular weight is 281 g/mol. The number of ether oxygens (including phenoxy) is 2. The van der Waals surface area contributed by atoms with Gasteiger partial charge in [-0.1, -0.05) is 12.1 Å². The number of benzene rings is 1. The van der Waals surface area contributed by atoms with Gasteiger partial charge >= 0.3 is 5.97 Å². The lowest BCUT2D eigenvalue weighted by molar-refractivity contribution is -0.138. The highest BCUT2D eigenvalue weighted by Gasteiger charge is 2.13. The lowest BCUT2D eigenvalue weighted by Gasteiger charge is -2.24. The summed E-state index contributed by atoms with van der Waals surface area (Å²) in [6, 6.07) is 7.65. The van der Waals surface area contributed by atoms with E-state index in [-0.39, 0.29) is 12.6 Å². The fourth-order valence-electron chi connectivity index (χ4n) is 1.81. The van der Waals surface area contributed by atoms with Gasteiger partial charge in [0, 0.05) is 12.6 Å². The maximum Gasteiger partial charge on any atom is 0.317 e. The van der Waals surface area contributed by atoms with Crippen molar-refractivity contribution < 1.29 is 19.4 Å². The molecule has 0 unspecified atom stereocenters.